The normalized spacial score (nSPS) is 20.1. The van der Waals surface area contributed by atoms with Crippen molar-refractivity contribution in [1.82, 2.24) is 0 Å². The van der Waals surface area contributed by atoms with Gasteiger partial charge in [0.2, 0.25) is 0 Å². The van der Waals surface area contributed by atoms with E-state index in [0.29, 0.717) is 0 Å². The number of allylic oxidation sites excluding steroid dienone is 6. The van der Waals surface area contributed by atoms with Crippen molar-refractivity contribution in [2.75, 3.05) is 0 Å². The molecule has 0 atom stereocenters. The zero-order valence-corrected chi connectivity index (χ0v) is 8.86. The van der Waals surface area contributed by atoms with Gasteiger partial charge in [0.25, 0.3) is 0 Å². The first-order chi connectivity index (χ1) is 5.83. The molecule has 0 spiro atoms. The van der Waals surface area contributed by atoms with Gasteiger partial charge in [-0.25, -0.2) is 0 Å². The molecule has 12 heavy (non-hydrogen) atoms. The Morgan fingerprint density at radius 1 is 1.58 bits per heavy atom. The molecule has 0 saturated heterocycles. The maximum absolute atomic E-state index is 4.05. The highest BCUT2D eigenvalue weighted by Gasteiger charge is 1.94. The van der Waals surface area contributed by atoms with Crippen LogP contribution in [0.2, 0.25) is 0 Å². The summed E-state index contributed by atoms with van der Waals surface area (Å²) < 4.78 is 0.970. The highest BCUT2D eigenvalue weighted by Crippen LogP contribution is 2.11. The third-order valence-corrected chi connectivity index (χ3v) is 2.02. The Labute approximate surface area is 86.4 Å². The first kappa shape index (κ1) is 9.45. The van der Waals surface area contributed by atoms with E-state index in [2.05, 4.69) is 58.5 Å². The third kappa shape index (κ3) is 3.17. The molecule has 2 heteroatoms. The summed E-state index contributed by atoms with van der Waals surface area (Å²) in [5.74, 6) is 0. The summed E-state index contributed by atoms with van der Waals surface area (Å²) in [7, 11) is 0. The largest absolute Gasteiger partial charge is 0.251 e. The van der Waals surface area contributed by atoms with E-state index in [1.54, 1.807) is 6.20 Å². The number of aliphatic imine (C=N–C) groups is 1. The van der Waals surface area contributed by atoms with Crippen LogP contribution >= 0.6 is 22.6 Å². The number of rotatable bonds is 2. The van der Waals surface area contributed by atoms with Crippen molar-refractivity contribution in [3.8, 4) is 0 Å². The Morgan fingerprint density at radius 2 is 2.42 bits per heavy atom. The van der Waals surface area contributed by atoms with E-state index in [1.165, 1.54) is 5.57 Å². The van der Waals surface area contributed by atoms with Crippen LogP contribution in [0.3, 0.4) is 0 Å². The summed E-state index contributed by atoms with van der Waals surface area (Å²) in [5, 5.41) is 0. The van der Waals surface area contributed by atoms with Crippen LogP contribution in [-0.4, -0.2) is 3.72 Å². The van der Waals surface area contributed by atoms with E-state index in [9.17, 15) is 0 Å². The summed E-state index contributed by atoms with van der Waals surface area (Å²) in [5.41, 5.74) is 1.28. The molecule has 1 rings (SSSR count). The Bertz CT molecular complexity index is 282. The maximum atomic E-state index is 4.05. The van der Waals surface area contributed by atoms with E-state index in [0.717, 1.165) is 10.1 Å². The first-order valence-electron chi connectivity index (χ1n) is 3.71. The lowest BCUT2D eigenvalue weighted by atomic mass is 10.1. The molecule has 0 fully saturated rings. The second-order valence-electron chi connectivity index (χ2n) is 2.35. The van der Waals surface area contributed by atoms with Crippen LogP contribution < -0.4 is 0 Å². The Kier molecular flexibility index (Phi) is 4.00. The highest BCUT2D eigenvalue weighted by molar-refractivity contribution is 14.1. The van der Waals surface area contributed by atoms with E-state index in [1.807, 2.05) is 6.08 Å². The topological polar surface area (TPSA) is 12.4 Å². The predicted molar refractivity (Wildman–Crippen MR) is 62.6 cm³/mol. The van der Waals surface area contributed by atoms with Gasteiger partial charge in [0.15, 0.2) is 0 Å². The maximum Gasteiger partial charge on any atom is 0.101 e. The third-order valence-electron chi connectivity index (χ3n) is 1.43. The van der Waals surface area contributed by atoms with E-state index < -0.39 is 0 Å². The fourth-order valence-corrected chi connectivity index (χ4v) is 1.51. The molecule has 0 aliphatic heterocycles. The number of halogens is 1. The fraction of sp³-hybridized carbons (Fsp3) is 0.100. The van der Waals surface area contributed by atoms with Crippen molar-refractivity contribution >= 4 is 26.3 Å². The Hall–Kier alpha value is -0.640. The van der Waals surface area contributed by atoms with Gasteiger partial charge in [-0.2, -0.15) is 0 Å². The second kappa shape index (κ2) is 5.09. The molecule has 1 aliphatic carbocycles. The molecule has 0 unspecified atom stereocenters. The van der Waals surface area contributed by atoms with Gasteiger partial charge in [0.05, 0.1) is 0 Å². The Morgan fingerprint density at radius 3 is 3.00 bits per heavy atom. The summed E-state index contributed by atoms with van der Waals surface area (Å²) in [6, 6.07) is 0. The van der Waals surface area contributed by atoms with Gasteiger partial charge in [-0.05, 0) is 40.7 Å². The molecule has 0 saturated carbocycles. The van der Waals surface area contributed by atoms with Crippen LogP contribution in [-0.2, 0) is 0 Å². The van der Waals surface area contributed by atoms with Crippen LogP contribution in [0.15, 0.2) is 53.7 Å². The minimum atomic E-state index is 0.970. The SMILES string of the molecule is C=C/N=C(I)\C=C1\C=CC=CC1. The van der Waals surface area contributed by atoms with Crippen molar-refractivity contribution < 1.29 is 0 Å². The molecular weight excluding hydrogens is 261 g/mol. The molecule has 0 bridgehead atoms. The number of hydrogen-bond acceptors (Lipinski definition) is 1. The predicted octanol–water partition coefficient (Wildman–Crippen LogP) is 3.41. The molecular formula is C10H10IN. The summed E-state index contributed by atoms with van der Waals surface area (Å²) in [4.78, 5) is 4.05. The van der Waals surface area contributed by atoms with Crippen LogP contribution in [0, 0.1) is 0 Å². The van der Waals surface area contributed by atoms with Crippen LogP contribution in [0.4, 0.5) is 0 Å². The van der Waals surface area contributed by atoms with E-state index in [-0.39, 0.29) is 0 Å². The monoisotopic (exact) mass is 271 g/mol. The molecule has 0 N–H and O–H groups in total. The molecule has 0 amide bonds. The first-order valence-corrected chi connectivity index (χ1v) is 4.79. The molecule has 1 nitrogen and oxygen atoms in total. The van der Waals surface area contributed by atoms with Crippen molar-refractivity contribution in [2.45, 2.75) is 6.42 Å². The number of nitrogens with zero attached hydrogens (tertiary/aromatic N) is 1. The van der Waals surface area contributed by atoms with Crippen molar-refractivity contribution in [1.29, 1.82) is 0 Å². The van der Waals surface area contributed by atoms with E-state index >= 15 is 0 Å². The van der Waals surface area contributed by atoms with Crippen LogP contribution in [0.1, 0.15) is 6.42 Å². The summed E-state index contributed by atoms with van der Waals surface area (Å²) in [6.07, 6.45) is 12.9. The zero-order valence-electron chi connectivity index (χ0n) is 6.70. The lowest BCUT2D eigenvalue weighted by Gasteiger charge is -1.99. The molecule has 0 aromatic carbocycles. The average molecular weight is 271 g/mol. The van der Waals surface area contributed by atoms with Crippen LogP contribution in [0.5, 0.6) is 0 Å². The van der Waals surface area contributed by atoms with Crippen molar-refractivity contribution in [3.63, 3.8) is 0 Å². The molecule has 0 radical (unpaired) electrons. The number of hydrogen-bond donors (Lipinski definition) is 0. The van der Waals surface area contributed by atoms with Gasteiger partial charge >= 0.3 is 0 Å². The second-order valence-corrected chi connectivity index (χ2v) is 3.45. The van der Waals surface area contributed by atoms with Gasteiger partial charge in [0, 0.05) is 6.20 Å². The quantitative estimate of drug-likeness (QED) is 0.539. The lowest BCUT2D eigenvalue weighted by molar-refractivity contribution is 1.27. The molecule has 62 valence electrons. The fourth-order valence-electron chi connectivity index (χ4n) is 0.914. The smallest absolute Gasteiger partial charge is 0.101 e. The van der Waals surface area contributed by atoms with Crippen molar-refractivity contribution in [3.05, 3.63) is 48.7 Å². The van der Waals surface area contributed by atoms with Gasteiger partial charge in [0.1, 0.15) is 3.72 Å². The zero-order chi connectivity index (χ0) is 8.81. The summed E-state index contributed by atoms with van der Waals surface area (Å²) in [6.45, 7) is 3.54. The molecule has 0 aromatic heterocycles. The minimum Gasteiger partial charge on any atom is -0.251 e. The lowest BCUT2D eigenvalue weighted by Crippen LogP contribution is -1.85. The summed E-state index contributed by atoms with van der Waals surface area (Å²) >= 11 is 2.19. The molecule has 1 aliphatic rings. The van der Waals surface area contributed by atoms with Crippen LogP contribution in [0.25, 0.3) is 0 Å². The van der Waals surface area contributed by atoms with Crippen molar-refractivity contribution in [2.24, 2.45) is 4.99 Å². The molecule has 0 heterocycles. The highest BCUT2D eigenvalue weighted by atomic mass is 127. The minimum absolute atomic E-state index is 0.970. The average Bonchev–Trinajstić information content (AvgIpc) is 2.06. The van der Waals surface area contributed by atoms with Gasteiger partial charge < -0.3 is 0 Å². The Balaban J connectivity index is 2.69. The standard InChI is InChI=1S/C10H10IN/c1-2-12-10(11)8-9-6-4-3-5-7-9/h2-6,8H,1,7H2/b9-8-,12-10+. The van der Waals surface area contributed by atoms with E-state index in [4.69, 9.17) is 0 Å². The van der Waals surface area contributed by atoms with Gasteiger partial charge in [-0.3, -0.25) is 4.99 Å². The van der Waals surface area contributed by atoms with Gasteiger partial charge in [-0.1, -0.05) is 30.9 Å². The van der Waals surface area contributed by atoms with Gasteiger partial charge in [-0.15, -0.1) is 0 Å². The molecule has 0 aromatic rings.